The van der Waals surface area contributed by atoms with E-state index in [9.17, 15) is 9.59 Å². The van der Waals surface area contributed by atoms with Crippen LogP contribution in [-0.4, -0.2) is 31.1 Å². The number of nitrogens with zero attached hydrogens (tertiary/aromatic N) is 3. The second-order valence-electron chi connectivity index (χ2n) is 4.58. The molecule has 0 spiro atoms. The Morgan fingerprint density at radius 1 is 1.24 bits per heavy atom. The van der Waals surface area contributed by atoms with Crippen LogP contribution in [-0.2, 0) is 0 Å². The second-order valence-corrected chi connectivity index (χ2v) is 4.58. The van der Waals surface area contributed by atoms with Gasteiger partial charge in [-0.3, -0.25) is 20.0 Å². The lowest BCUT2D eigenvalue weighted by Gasteiger charge is -2.03. The van der Waals surface area contributed by atoms with Crippen LogP contribution < -0.4 is 10.7 Å². The van der Waals surface area contributed by atoms with Crippen molar-refractivity contribution < 1.29 is 4.79 Å². The molecule has 8 nitrogen and oxygen atoms in total. The number of pyridine rings is 2. The number of aromatic amines is 2. The van der Waals surface area contributed by atoms with E-state index in [1.54, 1.807) is 19.1 Å². The van der Waals surface area contributed by atoms with E-state index >= 15 is 0 Å². The number of carbonyl (C=O) groups is 1. The minimum absolute atomic E-state index is 0.0180. The summed E-state index contributed by atoms with van der Waals surface area (Å²) in [4.78, 5) is 35.4. The number of hydrogen-bond donors (Lipinski definition) is 3. The number of H-pyrrole nitrogens is 2. The van der Waals surface area contributed by atoms with Crippen LogP contribution in [0.15, 0.2) is 23.1 Å². The maximum atomic E-state index is 12.3. The molecule has 0 atom stereocenters. The fraction of sp³-hybridized carbons (Fsp3) is 0.154. The summed E-state index contributed by atoms with van der Waals surface area (Å²) in [5.41, 5.74) is 0.827. The SMILES string of the molecule is Cc1ccc2c(=O)c(C(=O)Nc3n[nH]c(C)n3)c[nH]c2n1. The first-order valence-corrected chi connectivity index (χ1v) is 6.24. The van der Waals surface area contributed by atoms with Crippen LogP contribution in [0.25, 0.3) is 11.0 Å². The van der Waals surface area contributed by atoms with Crippen molar-refractivity contribution in [2.75, 3.05) is 5.32 Å². The largest absolute Gasteiger partial charge is 0.345 e. The van der Waals surface area contributed by atoms with Gasteiger partial charge in [-0.15, -0.1) is 5.10 Å². The van der Waals surface area contributed by atoms with Gasteiger partial charge in [0.15, 0.2) is 0 Å². The summed E-state index contributed by atoms with van der Waals surface area (Å²) >= 11 is 0. The molecule has 0 bridgehead atoms. The van der Waals surface area contributed by atoms with Gasteiger partial charge in [-0.1, -0.05) is 0 Å². The Kier molecular flexibility index (Phi) is 2.98. The predicted octanol–water partition coefficient (Wildman–Crippen LogP) is 0.910. The molecular weight excluding hydrogens is 272 g/mol. The average molecular weight is 284 g/mol. The second kappa shape index (κ2) is 4.82. The smallest absolute Gasteiger partial charge is 0.263 e. The van der Waals surface area contributed by atoms with Crippen molar-refractivity contribution in [3.63, 3.8) is 0 Å². The summed E-state index contributed by atoms with van der Waals surface area (Å²) in [6.07, 6.45) is 1.34. The van der Waals surface area contributed by atoms with E-state index in [4.69, 9.17) is 0 Å². The van der Waals surface area contributed by atoms with Gasteiger partial charge >= 0.3 is 0 Å². The van der Waals surface area contributed by atoms with Crippen LogP contribution in [0.3, 0.4) is 0 Å². The zero-order chi connectivity index (χ0) is 15.0. The predicted molar refractivity (Wildman–Crippen MR) is 76.2 cm³/mol. The quantitative estimate of drug-likeness (QED) is 0.646. The van der Waals surface area contributed by atoms with Crippen LogP contribution in [0.5, 0.6) is 0 Å². The van der Waals surface area contributed by atoms with Gasteiger partial charge in [0.05, 0.1) is 5.39 Å². The highest BCUT2D eigenvalue weighted by Crippen LogP contribution is 2.07. The first-order valence-electron chi connectivity index (χ1n) is 6.24. The molecule has 3 aromatic heterocycles. The Morgan fingerprint density at radius 2 is 2.05 bits per heavy atom. The van der Waals surface area contributed by atoms with Gasteiger partial charge < -0.3 is 4.98 Å². The molecule has 0 unspecified atom stereocenters. The molecule has 3 heterocycles. The molecule has 106 valence electrons. The Labute approximate surface area is 118 Å². The lowest BCUT2D eigenvalue weighted by Crippen LogP contribution is -2.22. The molecule has 21 heavy (non-hydrogen) atoms. The lowest BCUT2D eigenvalue weighted by molar-refractivity contribution is 0.102. The lowest BCUT2D eigenvalue weighted by atomic mass is 10.2. The molecule has 3 rings (SSSR count). The molecule has 0 aliphatic rings. The molecule has 0 saturated carbocycles. The van der Waals surface area contributed by atoms with Crippen LogP contribution >= 0.6 is 0 Å². The van der Waals surface area contributed by atoms with Gasteiger partial charge in [-0.25, -0.2) is 4.98 Å². The number of rotatable bonds is 2. The van der Waals surface area contributed by atoms with Crippen LogP contribution in [0.1, 0.15) is 21.9 Å². The maximum absolute atomic E-state index is 12.3. The zero-order valence-electron chi connectivity index (χ0n) is 11.4. The first-order chi connectivity index (χ1) is 10.0. The molecule has 0 fully saturated rings. The summed E-state index contributed by atoms with van der Waals surface area (Å²) in [6, 6.07) is 3.36. The Bertz CT molecular complexity index is 895. The normalized spacial score (nSPS) is 10.8. The van der Waals surface area contributed by atoms with E-state index < -0.39 is 5.91 Å². The van der Waals surface area contributed by atoms with Crippen LogP contribution in [0.4, 0.5) is 5.95 Å². The standard InChI is InChI=1S/C13H12N6O2/c1-6-3-4-8-10(20)9(5-14-11(8)15-6)12(21)17-13-16-7(2)18-19-13/h3-5H,1-2H3,(H,14,15,20)(H2,16,17,18,19,21). The highest BCUT2D eigenvalue weighted by atomic mass is 16.2. The number of fused-ring (bicyclic) bond motifs is 1. The minimum Gasteiger partial charge on any atom is -0.345 e. The number of aromatic nitrogens is 5. The first kappa shape index (κ1) is 13.0. The van der Waals surface area contributed by atoms with Crippen molar-refractivity contribution in [2.45, 2.75) is 13.8 Å². The van der Waals surface area contributed by atoms with Gasteiger partial charge in [0.2, 0.25) is 11.4 Å². The number of anilines is 1. The van der Waals surface area contributed by atoms with Gasteiger partial charge in [-0.2, -0.15) is 4.98 Å². The Morgan fingerprint density at radius 3 is 2.76 bits per heavy atom. The number of carbonyl (C=O) groups excluding carboxylic acids is 1. The Balaban J connectivity index is 2.00. The van der Waals surface area contributed by atoms with E-state index in [0.717, 1.165) is 5.69 Å². The monoisotopic (exact) mass is 284 g/mol. The topological polar surface area (TPSA) is 116 Å². The molecule has 0 aliphatic carbocycles. The highest BCUT2D eigenvalue weighted by molar-refractivity contribution is 6.04. The van der Waals surface area contributed by atoms with E-state index in [2.05, 4.69) is 30.5 Å². The summed E-state index contributed by atoms with van der Waals surface area (Å²) < 4.78 is 0. The van der Waals surface area contributed by atoms with Crippen molar-refractivity contribution in [3.8, 4) is 0 Å². The summed E-state index contributed by atoms with van der Waals surface area (Å²) in [5.74, 6) is 0.120. The molecule has 0 aromatic carbocycles. The fourth-order valence-corrected chi connectivity index (χ4v) is 1.94. The van der Waals surface area contributed by atoms with Crippen molar-refractivity contribution >= 4 is 22.9 Å². The maximum Gasteiger partial charge on any atom is 0.263 e. The molecule has 1 amide bonds. The number of amides is 1. The van der Waals surface area contributed by atoms with Crippen molar-refractivity contribution in [1.29, 1.82) is 0 Å². The Hall–Kier alpha value is -3.03. The minimum atomic E-state index is -0.572. The molecule has 0 saturated heterocycles. The van der Waals surface area contributed by atoms with Gasteiger partial charge in [0, 0.05) is 11.9 Å². The molecule has 3 aromatic rings. The van der Waals surface area contributed by atoms with E-state index in [1.165, 1.54) is 6.20 Å². The fourth-order valence-electron chi connectivity index (χ4n) is 1.94. The van der Waals surface area contributed by atoms with Gasteiger partial charge in [0.1, 0.15) is 17.0 Å². The van der Waals surface area contributed by atoms with E-state index in [0.29, 0.717) is 16.9 Å². The molecule has 0 radical (unpaired) electrons. The van der Waals surface area contributed by atoms with Gasteiger partial charge in [0.25, 0.3) is 5.91 Å². The molecular formula is C13H12N6O2. The third-order valence-corrected chi connectivity index (χ3v) is 2.94. The van der Waals surface area contributed by atoms with Crippen LogP contribution in [0, 0.1) is 13.8 Å². The average Bonchev–Trinajstić information content (AvgIpc) is 2.84. The van der Waals surface area contributed by atoms with E-state index in [1.807, 2.05) is 6.92 Å². The van der Waals surface area contributed by atoms with Crippen molar-refractivity contribution in [1.82, 2.24) is 25.1 Å². The summed E-state index contributed by atoms with van der Waals surface area (Å²) in [5, 5.41) is 9.22. The third kappa shape index (κ3) is 2.38. The molecule has 0 aliphatic heterocycles. The third-order valence-electron chi connectivity index (χ3n) is 2.94. The van der Waals surface area contributed by atoms with Crippen molar-refractivity contribution in [2.24, 2.45) is 0 Å². The van der Waals surface area contributed by atoms with Gasteiger partial charge in [-0.05, 0) is 26.0 Å². The van der Waals surface area contributed by atoms with E-state index in [-0.39, 0.29) is 16.9 Å². The molecule has 3 N–H and O–H groups in total. The van der Waals surface area contributed by atoms with Crippen molar-refractivity contribution in [3.05, 3.63) is 45.6 Å². The highest BCUT2D eigenvalue weighted by Gasteiger charge is 2.15. The zero-order valence-corrected chi connectivity index (χ0v) is 11.4. The number of hydrogen-bond acceptors (Lipinski definition) is 5. The molecule has 8 heteroatoms. The summed E-state index contributed by atoms with van der Waals surface area (Å²) in [6.45, 7) is 3.53. The van der Waals surface area contributed by atoms with Crippen LogP contribution in [0.2, 0.25) is 0 Å². The summed E-state index contributed by atoms with van der Waals surface area (Å²) in [7, 11) is 0. The number of nitrogens with one attached hydrogen (secondary N) is 3. The number of aryl methyl sites for hydroxylation is 2.